The molecule has 0 atom stereocenters. The van der Waals surface area contributed by atoms with Crippen molar-refractivity contribution >= 4 is 11.8 Å². The maximum atomic E-state index is 13.7. The van der Waals surface area contributed by atoms with Crippen molar-refractivity contribution in [2.75, 3.05) is 20.8 Å². The van der Waals surface area contributed by atoms with Gasteiger partial charge in [0.05, 0.1) is 27.2 Å². The first-order chi connectivity index (χ1) is 14.0. The largest absolute Gasteiger partial charge is 0.494 e. The molecule has 0 fully saturated rings. The number of methoxy groups -OCH3 is 2. The predicted molar refractivity (Wildman–Crippen MR) is 106 cm³/mol. The van der Waals surface area contributed by atoms with Crippen LogP contribution in [0.5, 0.6) is 17.2 Å². The van der Waals surface area contributed by atoms with Gasteiger partial charge in [-0.15, -0.1) is 0 Å². The fraction of sp³-hybridized carbons (Fsp3) is 0.333. The molecule has 7 nitrogen and oxygen atoms in total. The zero-order valence-electron chi connectivity index (χ0n) is 16.7. The van der Waals surface area contributed by atoms with Crippen LogP contribution in [0.15, 0.2) is 36.4 Å². The molecule has 0 aliphatic heterocycles. The number of unbranched alkanes of at least 4 members (excludes halogenated alkanes) is 1. The van der Waals surface area contributed by atoms with E-state index in [1.54, 1.807) is 18.2 Å². The Morgan fingerprint density at radius 1 is 0.966 bits per heavy atom. The number of rotatable bonds is 9. The molecule has 0 saturated carbocycles. The fourth-order valence-electron chi connectivity index (χ4n) is 2.50. The Morgan fingerprint density at radius 2 is 1.69 bits per heavy atom. The highest BCUT2D eigenvalue weighted by Crippen LogP contribution is 2.28. The van der Waals surface area contributed by atoms with Gasteiger partial charge in [-0.05, 0) is 42.3 Å². The molecule has 0 radical (unpaired) electrons. The van der Waals surface area contributed by atoms with Crippen molar-refractivity contribution in [3.63, 3.8) is 0 Å². The minimum absolute atomic E-state index is 0.0959. The minimum atomic E-state index is -0.560. The lowest BCUT2D eigenvalue weighted by atomic mass is 10.1. The molecular weight excluding hydrogens is 379 g/mol. The molecule has 0 aliphatic carbocycles. The number of carbonyl (C=O) groups is 2. The molecular formula is C21H25FN2O5. The van der Waals surface area contributed by atoms with Gasteiger partial charge in [0.1, 0.15) is 0 Å². The molecule has 2 aromatic rings. The summed E-state index contributed by atoms with van der Waals surface area (Å²) in [5, 5.41) is 0. The summed E-state index contributed by atoms with van der Waals surface area (Å²) in [6.45, 7) is 2.62. The molecule has 0 aliphatic rings. The Bertz CT molecular complexity index is 857. The van der Waals surface area contributed by atoms with E-state index in [0.717, 1.165) is 12.8 Å². The molecule has 0 saturated heterocycles. The van der Waals surface area contributed by atoms with Crippen LogP contribution in [0.2, 0.25) is 0 Å². The van der Waals surface area contributed by atoms with E-state index in [4.69, 9.17) is 14.2 Å². The second kappa shape index (κ2) is 10.9. The molecule has 0 heterocycles. The van der Waals surface area contributed by atoms with Crippen LogP contribution >= 0.6 is 0 Å². The number of hydrazine groups is 1. The van der Waals surface area contributed by atoms with Gasteiger partial charge in [-0.25, -0.2) is 4.39 Å². The predicted octanol–water partition coefficient (Wildman–Crippen LogP) is 3.03. The van der Waals surface area contributed by atoms with Crippen LogP contribution in [0.25, 0.3) is 0 Å². The molecule has 2 rings (SSSR count). The van der Waals surface area contributed by atoms with E-state index in [9.17, 15) is 14.0 Å². The summed E-state index contributed by atoms with van der Waals surface area (Å²) >= 11 is 0. The standard InChI is InChI=1S/C21H25FN2O5/c1-4-5-10-29-18-9-7-15(13-19(18)28-3)21(26)24-23-20(25)12-14-6-8-17(27-2)16(22)11-14/h6-9,11,13H,4-5,10,12H2,1-3H3,(H,23,25)(H,24,26). The smallest absolute Gasteiger partial charge is 0.269 e. The first-order valence-corrected chi connectivity index (χ1v) is 9.21. The van der Waals surface area contributed by atoms with Crippen molar-refractivity contribution in [2.24, 2.45) is 0 Å². The second-order valence-electron chi connectivity index (χ2n) is 6.22. The summed E-state index contributed by atoms with van der Waals surface area (Å²) in [6.07, 6.45) is 1.82. The maximum absolute atomic E-state index is 13.7. The van der Waals surface area contributed by atoms with Crippen molar-refractivity contribution in [2.45, 2.75) is 26.2 Å². The van der Waals surface area contributed by atoms with Crippen molar-refractivity contribution in [3.8, 4) is 17.2 Å². The van der Waals surface area contributed by atoms with E-state index in [2.05, 4.69) is 17.8 Å². The monoisotopic (exact) mass is 404 g/mol. The third-order valence-electron chi connectivity index (χ3n) is 4.08. The van der Waals surface area contributed by atoms with Gasteiger partial charge in [-0.2, -0.15) is 0 Å². The van der Waals surface area contributed by atoms with Crippen LogP contribution in [0.1, 0.15) is 35.7 Å². The number of nitrogens with one attached hydrogen (secondary N) is 2. The number of benzene rings is 2. The Balaban J connectivity index is 1.92. The highest BCUT2D eigenvalue weighted by atomic mass is 19.1. The first-order valence-electron chi connectivity index (χ1n) is 9.21. The zero-order valence-corrected chi connectivity index (χ0v) is 16.7. The molecule has 0 unspecified atom stereocenters. The maximum Gasteiger partial charge on any atom is 0.269 e. The highest BCUT2D eigenvalue weighted by molar-refractivity contribution is 5.96. The van der Waals surface area contributed by atoms with Gasteiger partial charge in [0, 0.05) is 5.56 Å². The average molecular weight is 404 g/mol. The van der Waals surface area contributed by atoms with E-state index in [1.807, 2.05) is 0 Å². The number of ether oxygens (including phenoxy) is 3. The average Bonchev–Trinajstić information content (AvgIpc) is 2.72. The number of hydrogen-bond acceptors (Lipinski definition) is 5. The quantitative estimate of drug-likeness (QED) is 0.496. The summed E-state index contributed by atoms with van der Waals surface area (Å²) in [6, 6.07) is 8.97. The topological polar surface area (TPSA) is 85.9 Å². The van der Waals surface area contributed by atoms with E-state index in [-0.39, 0.29) is 12.2 Å². The molecule has 2 N–H and O–H groups in total. The van der Waals surface area contributed by atoms with Crippen molar-refractivity contribution in [1.29, 1.82) is 0 Å². The normalized spacial score (nSPS) is 10.2. The molecule has 156 valence electrons. The van der Waals surface area contributed by atoms with Gasteiger partial charge < -0.3 is 14.2 Å². The lowest BCUT2D eigenvalue weighted by Gasteiger charge is -2.12. The molecule has 2 amide bonds. The summed E-state index contributed by atoms with van der Waals surface area (Å²) in [7, 11) is 2.85. The third kappa shape index (κ3) is 6.38. The number of carbonyl (C=O) groups excluding carboxylic acids is 2. The summed E-state index contributed by atoms with van der Waals surface area (Å²) in [4.78, 5) is 24.3. The Labute approximate surface area is 169 Å². The summed E-state index contributed by atoms with van der Waals surface area (Å²) in [5.41, 5.74) is 5.37. The van der Waals surface area contributed by atoms with Crippen molar-refractivity contribution in [1.82, 2.24) is 10.9 Å². The number of amides is 2. The lowest BCUT2D eigenvalue weighted by molar-refractivity contribution is -0.121. The van der Waals surface area contributed by atoms with Crippen LogP contribution in [-0.2, 0) is 11.2 Å². The Morgan fingerprint density at radius 3 is 2.34 bits per heavy atom. The van der Waals surface area contributed by atoms with Crippen LogP contribution in [0.4, 0.5) is 4.39 Å². The first kappa shape index (κ1) is 22.0. The van der Waals surface area contributed by atoms with Gasteiger partial charge in [0.25, 0.3) is 5.91 Å². The second-order valence-corrected chi connectivity index (χ2v) is 6.22. The van der Waals surface area contributed by atoms with Gasteiger partial charge in [-0.1, -0.05) is 19.4 Å². The third-order valence-corrected chi connectivity index (χ3v) is 4.08. The van der Waals surface area contributed by atoms with E-state index < -0.39 is 17.6 Å². The number of halogens is 1. The van der Waals surface area contributed by atoms with E-state index in [1.165, 1.54) is 32.4 Å². The van der Waals surface area contributed by atoms with Gasteiger partial charge in [0.2, 0.25) is 5.91 Å². The van der Waals surface area contributed by atoms with Crippen LogP contribution in [-0.4, -0.2) is 32.6 Å². The minimum Gasteiger partial charge on any atom is -0.494 e. The SMILES string of the molecule is CCCCOc1ccc(C(=O)NNC(=O)Cc2ccc(OC)c(F)c2)cc1OC. The van der Waals surface area contributed by atoms with Crippen LogP contribution < -0.4 is 25.1 Å². The molecule has 29 heavy (non-hydrogen) atoms. The Kier molecular flexibility index (Phi) is 8.27. The Hall–Kier alpha value is -3.29. The van der Waals surface area contributed by atoms with Crippen molar-refractivity contribution < 1.29 is 28.2 Å². The van der Waals surface area contributed by atoms with Crippen LogP contribution in [0, 0.1) is 5.82 Å². The van der Waals surface area contributed by atoms with Gasteiger partial charge >= 0.3 is 0 Å². The molecule has 8 heteroatoms. The van der Waals surface area contributed by atoms with E-state index >= 15 is 0 Å². The van der Waals surface area contributed by atoms with Gasteiger partial charge in [-0.3, -0.25) is 20.4 Å². The van der Waals surface area contributed by atoms with Gasteiger partial charge in [0.15, 0.2) is 23.1 Å². The molecule has 0 aromatic heterocycles. The van der Waals surface area contributed by atoms with Crippen molar-refractivity contribution in [3.05, 3.63) is 53.3 Å². The molecule has 0 bridgehead atoms. The fourth-order valence-corrected chi connectivity index (χ4v) is 2.50. The summed E-state index contributed by atoms with van der Waals surface area (Å²) < 4.78 is 29.4. The highest BCUT2D eigenvalue weighted by Gasteiger charge is 2.13. The molecule has 0 spiro atoms. The lowest BCUT2D eigenvalue weighted by Crippen LogP contribution is -2.42. The van der Waals surface area contributed by atoms with E-state index in [0.29, 0.717) is 29.2 Å². The molecule has 2 aromatic carbocycles. The zero-order chi connectivity index (χ0) is 21.2. The summed E-state index contributed by atoms with van der Waals surface area (Å²) in [5.74, 6) is -0.502. The van der Waals surface area contributed by atoms with Crippen LogP contribution in [0.3, 0.4) is 0 Å². The number of hydrogen-bond donors (Lipinski definition) is 2.